The van der Waals surface area contributed by atoms with Crippen molar-refractivity contribution < 1.29 is 20.1 Å². The molecule has 0 rings (SSSR count). The third-order valence-electron chi connectivity index (χ3n) is 9.04. The van der Waals surface area contributed by atoms with Crippen LogP contribution in [0.5, 0.6) is 0 Å². The molecule has 45 heavy (non-hydrogen) atoms. The summed E-state index contributed by atoms with van der Waals surface area (Å²) in [6, 6.07) is -0.826. The van der Waals surface area contributed by atoms with E-state index in [2.05, 4.69) is 43.5 Å². The zero-order valence-electron chi connectivity index (χ0n) is 30.0. The molecular weight excluding hydrogens is 558 g/mol. The fourth-order valence-corrected chi connectivity index (χ4v) is 5.93. The molecule has 0 saturated carbocycles. The summed E-state index contributed by atoms with van der Waals surface area (Å²) in [5.74, 6) is -0.158. The fourth-order valence-electron chi connectivity index (χ4n) is 5.93. The van der Waals surface area contributed by atoms with Gasteiger partial charge in [0.15, 0.2) is 0 Å². The monoisotopic (exact) mass is 636 g/mol. The minimum absolute atomic E-state index is 0.158. The van der Waals surface area contributed by atoms with Crippen LogP contribution in [0.2, 0.25) is 0 Å². The van der Waals surface area contributed by atoms with Gasteiger partial charge in [-0.15, -0.1) is 0 Å². The third kappa shape index (κ3) is 31.2. The van der Waals surface area contributed by atoms with E-state index in [4.69, 9.17) is 0 Å². The SMILES string of the molecule is CCCC/C=C/CC/C=C/CCCC(O)C(O)C(CO)NC(=O)CCCCCCCCCCCCCCCCCCCCCC. The Bertz CT molecular complexity index is 665. The number of aliphatic hydroxyl groups excluding tert-OH is 3. The molecule has 0 aliphatic rings. The number of nitrogens with one attached hydrogen (secondary N) is 1. The molecule has 0 fully saturated rings. The first-order chi connectivity index (χ1) is 22.1. The fraction of sp³-hybridized carbons (Fsp3) is 0.875. The second-order valence-corrected chi connectivity index (χ2v) is 13.5. The van der Waals surface area contributed by atoms with Gasteiger partial charge in [-0.1, -0.05) is 173 Å². The van der Waals surface area contributed by atoms with Gasteiger partial charge in [0.25, 0.3) is 0 Å². The summed E-state index contributed by atoms with van der Waals surface area (Å²) >= 11 is 0. The highest BCUT2D eigenvalue weighted by molar-refractivity contribution is 5.76. The first-order valence-electron chi connectivity index (χ1n) is 19.6. The highest BCUT2D eigenvalue weighted by atomic mass is 16.3. The van der Waals surface area contributed by atoms with Crippen molar-refractivity contribution in [3.8, 4) is 0 Å². The highest BCUT2D eigenvalue weighted by Gasteiger charge is 2.26. The summed E-state index contributed by atoms with van der Waals surface area (Å²) in [7, 11) is 0. The van der Waals surface area contributed by atoms with Gasteiger partial charge >= 0.3 is 0 Å². The van der Waals surface area contributed by atoms with Gasteiger partial charge in [0.2, 0.25) is 5.91 Å². The van der Waals surface area contributed by atoms with E-state index in [0.29, 0.717) is 12.8 Å². The van der Waals surface area contributed by atoms with Crippen LogP contribution in [0.25, 0.3) is 0 Å². The van der Waals surface area contributed by atoms with Crippen molar-refractivity contribution in [2.45, 2.75) is 218 Å². The first kappa shape index (κ1) is 43.8. The lowest BCUT2D eigenvalue weighted by molar-refractivity contribution is -0.124. The van der Waals surface area contributed by atoms with Gasteiger partial charge in [-0.2, -0.15) is 0 Å². The zero-order chi connectivity index (χ0) is 33.1. The molecule has 0 spiro atoms. The van der Waals surface area contributed by atoms with Gasteiger partial charge in [0.05, 0.1) is 18.8 Å². The Morgan fingerprint density at radius 3 is 1.33 bits per heavy atom. The number of hydrogen-bond donors (Lipinski definition) is 4. The summed E-state index contributed by atoms with van der Waals surface area (Å²) in [5, 5.41) is 33.3. The van der Waals surface area contributed by atoms with Crippen molar-refractivity contribution in [1.82, 2.24) is 5.32 Å². The molecule has 1 amide bonds. The van der Waals surface area contributed by atoms with Crippen LogP contribution in [0.15, 0.2) is 24.3 Å². The summed E-state index contributed by atoms with van der Waals surface area (Å²) in [4.78, 5) is 12.4. The van der Waals surface area contributed by atoms with Gasteiger partial charge in [0.1, 0.15) is 6.10 Å². The second-order valence-electron chi connectivity index (χ2n) is 13.5. The van der Waals surface area contributed by atoms with Gasteiger partial charge in [0, 0.05) is 6.42 Å². The molecule has 5 nitrogen and oxygen atoms in total. The third-order valence-corrected chi connectivity index (χ3v) is 9.04. The molecule has 0 saturated heterocycles. The molecule has 3 atom stereocenters. The Labute approximate surface area is 280 Å². The number of unbranched alkanes of at least 4 members (excludes halogenated alkanes) is 23. The van der Waals surface area contributed by atoms with Crippen LogP contribution in [-0.4, -0.2) is 46.1 Å². The van der Waals surface area contributed by atoms with Crippen LogP contribution in [0.1, 0.15) is 200 Å². The van der Waals surface area contributed by atoms with Crippen molar-refractivity contribution in [2.75, 3.05) is 6.61 Å². The molecule has 0 aromatic rings. The van der Waals surface area contributed by atoms with Gasteiger partial charge in [-0.05, 0) is 44.9 Å². The van der Waals surface area contributed by atoms with Crippen LogP contribution in [-0.2, 0) is 4.79 Å². The smallest absolute Gasteiger partial charge is 0.220 e. The van der Waals surface area contributed by atoms with Gasteiger partial charge < -0.3 is 20.6 Å². The lowest BCUT2D eigenvalue weighted by Crippen LogP contribution is -2.50. The summed E-state index contributed by atoms with van der Waals surface area (Å²) in [5.41, 5.74) is 0. The van der Waals surface area contributed by atoms with Crippen LogP contribution in [0.4, 0.5) is 0 Å². The Kier molecular flexibility index (Phi) is 34.8. The van der Waals surface area contributed by atoms with E-state index < -0.39 is 18.2 Å². The van der Waals surface area contributed by atoms with Crippen molar-refractivity contribution in [2.24, 2.45) is 0 Å². The minimum Gasteiger partial charge on any atom is -0.394 e. The van der Waals surface area contributed by atoms with Gasteiger partial charge in [-0.25, -0.2) is 0 Å². The number of carbonyl (C=O) groups is 1. The lowest BCUT2D eigenvalue weighted by atomic mass is 10.0. The standard InChI is InChI=1S/C40H77NO4/c1-3-5-7-9-11-13-15-16-17-18-19-20-21-22-23-25-27-29-31-33-35-39(44)41-37(36-42)40(45)38(43)34-32-30-28-26-24-14-12-10-8-6-4-2/h10,12,26,28,37-38,40,42-43,45H,3-9,11,13-25,27,29-36H2,1-2H3,(H,41,44)/b12-10+,28-26+. The Balaban J connectivity index is 3.64. The van der Waals surface area contributed by atoms with Crippen LogP contribution < -0.4 is 5.32 Å². The first-order valence-corrected chi connectivity index (χ1v) is 19.6. The van der Waals surface area contributed by atoms with Crippen LogP contribution >= 0.6 is 0 Å². The molecule has 0 heterocycles. The molecular formula is C40H77NO4. The molecule has 4 N–H and O–H groups in total. The number of hydrogen-bond acceptors (Lipinski definition) is 4. The van der Waals surface area contributed by atoms with E-state index in [1.54, 1.807) is 0 Å². The molecule has 5 heteroatoms. The van der Waals surface area contributed by atoms with Crippen molar-refractivity contribution in [1.29, 1.82) is 0 Å². The van der Waals surface area contributed by atoms with E-state index in [9.17, 15) is 20.1 Å². The number of rotatable bonds is 35. The van der Waals surface area contributed by atoms with Crippen LogP contribution in [0, 0.1) is 0 Å². The maximum absolute atomic E-state index is 12.4. The van der Waals surface area contributed by atoms with Crippen molar-refractivity contribution >= 4 is 5.91 Å². The largest absolute Gasteiger partial charge is 0.394 e. The molecule has 3 unspecified atom stereocenters. The van der Waals surface area contributed by atoms with E-state index in [1.807, 2.05) is 0 Å². The molecule has 266 valence electrons. The maximum Gasteiger partial charge on any atom is 0.220 e. The molecule has 0 aliphatic carbocycles. The molecule has 0 bridgehead atoms. The number of carbonyl (C=O) groups excluding carboxylic acids is 1. The molecule has 0 aliphatic heterocycles. The predicted octanol–water partition coefficient (Wildman–Crippen LogP) is 10.7. The Morgan fingerprint density at radius 2 is 0.911 bits per heavy atom. The maximum atomic E-state index is 12.4. The van der Waals surface area contributed by atoms with E-state index in [1.165, 1.54) is 122 Å². The number of aliphatic hydroxyl groups is 3. The average molecular weight is 636 g/mol. The Hall–Kier alpha value is -1.17. The average Bonchev–Trinajstić information content (AvgIpc) is 3.04. The number of allylic oxidation sites excluding steroid dienone is 4. The highest BCUT2D eigenvalue weighted by Crippen LogP contribution is 2.15. The Morgan fingerprint density at radius 1 is 0.533 bits per heavy atom. The lowest BCUT2D eigenvalue weighted by Gasteiger charge is -2.26. The molecule has 0 radical (unpaired) electrons. The molecule has 0 aromatic heterocycles. The summed E-state index contributed by atoms with van der Waals surface area (Å²) in [6.07, 6.45) is 41.4. The second kappa shape index (κ2) is 35.7. The summed E-state index contributed by atoms with van der Waals surface area (Å²) in [6.45, 7) is 4.11. The quantitative estimate of drug-likeness (QED) is 0.0412. The topological polar surface area (TPSA) is 89.8 Å². The molecule has 0 aromatic carbocycles. The van der Waals surface area contributed by atoms with Crippen molar-refractivity contribution in [3.05, 3.63) is 24.3 Å². The summed E-state index contributed by atoms with van der Waals surface area (Å²) < 4.78 is 0. The van der Waals surface area contributed by atoms with Crippen LogP contribution in [0.3, 0.4) is 0 Å². The van der Waals surface area contributed by atoms with E-state index in [0.717, 1.165) is 51.4 Å². The normalized spacial score (nSPS) is 14.0. The number of amides is 1. The predicted molar refractivity (Wildman–Crippen MR) is 195 cm³/mol. The minimum atomic E-state index is -1.16. The zero-order valence-corrected chi connectivity index (χ0v) is 30.0. The van der Waals surface area contributed by atoms with Crippen molar-refractivity contribution in [3.63, 3.8) is 0 Å². The van der Waals surface area contributed by atoms with Gasteiger partial charge in [-0.3, -0.25) is 4.79 Å². The van der Waals surface area contributed by atoms with E-state index in [-0.39, 0.29) is 12.5 Å². The van der Waals surface area contributed by atoms with E-state index >= 15 is 0 Å².